The second-order valence-electron chi connectivity index (χ2n) is 7.37. The third kappa shape index (κ3) is 3.94. The van der Waals surface area contributed by atoms with E-state index >= 15 is 0 Å². The van der Waals surface area contributed by atoms with Gasteiger partial charge >= 0.3 is 0 Å². The Kier molecular flexibility index (Phi) is 5.33. The topological polar surface area (TPSA) is 70.7 Å². The first-order valence-electron chi connectivity index (χ1n) is 8.93. The van der Waals surface area contributed by atoms with Crippen LogP contribution >= 0.6 is 0 Å². The number of benzene rings is 2. The molecule has 3 aromatic rings. The first-order chi connectivity index (χ1) is 13.6. The fourth-order valence-electron chi connectivity index (χ4n) is 3.11. The number of hydrogen-bond donors (Lipinski definition) is 1. The van der Waals surface area contributed by atoms with Crippen molar-refractivity contribution >= 4 is 16.9 Å². The quantitative estimate of drug-likeness (QED) is 0.700. The van der Waals surface area contributed by atoms with Gasteiger partial charge in [0.25, 0.3) is 0 Å². The molecule has 0 fully saturated rings. The van der Waals surface area contributed by atoms with Crippen LogP contribution in [0, 0.1) is 28.8 Å². The maximum atomic E-state index is 14.4. The molecule has 1 heterocycles. The molecule has 0 saturated heterocycles. The molecule has 1 aromatic heterocycles. The van der Waals surface area contributed by atoms with Gasteiger partial charge in [-0.1, -0.05) is 12.1 Å². The third-order valence-corrected chi connectivity index (χ3v) is 4.81. The number of nitrogens with one attached hydrogen (secondary N) is 1. The largest absolute Gasteiger partial charge is 0.348 e. The molecule has 29 heavy (non-hydrogen) atoms. The summed E-state index contributed by atoms with van der Waals surface area (Å²) in [6.07, 6.45) is 1.26. The van der Waals surface area contributed by atoms with Crippen LogP contribution in [0.15, 0.2) is 36.7 Å². The van der Waals surface area contributed by atoms with Crippen LogP contribution in [0.25, 0.3) is 11.0 Å². The van der Waals surface area contributed by atoms with Crippen molar-refractivity contribution in [1.29, 1.82) is 5.26 Å². The molecular formula is C21H19F3N4O. The molecule has 0 aliphatic heterocycles. The summed E-state index contributed by atoms with van der Waals surface area (Å²) < 4.78 is 43.2. The number of rotatable bonds is 5. The number of nitrogens with zero attached hydrogens (tertiary/aromatic N) is 3. The average molecular weight is 400 g/mol. The van der Waals surface area contributed by atoms with Crippen LogP contribution in [0.5, 0.6) is 0 Å². The molecule has 2 aromatic carbocycles. The highest BCUT2D eigenvalue weighted by Gasteiger charge is 2.24. The molecule has 3 rings (SSSR count). The van der Waals surface area contributed by atoms with Crippen LogP contribution < -0.4 is 5.32 Å². The van der Waals surface area contributed by atoms with Crippen molar-refractivity contribution in [2.24, 2.45) is 0 Å². The second-order valence-corrected chi connectivity index (χ2v) is 7.37. The number of halogens is 3. The predicted molar refractivity (Wildman–Crippen MR) is 101 cm³/mol. The normalized spacial score (nSPS) is 12.6. The van der Waals surface area contributed by atoms with Gasteiger partial charge in [0.05, 0.1) is 29.4 Å². The summed E-state index contributed by atoms with van der Waals surface area (Å²) >= 11 is 0. The number of carbonyl (C=O) groups excluding carboxylic acids is 1. The number of fused-ring (bicyclic) bond motifs is 1. The summed E-state index contributed by atoms with van der Waals surface area (Å²) in [6, 6.07) is 8.27. The fourth-order valence-corrected chi connectivity index (χ4v) is 3.11. The molecule has 1 atom stereocenters. The Labute approximate surface area is 165 Å². The average Bonchev–Trinajstić information content (AvgIpc) is 3.07. The number of amides is 1. The van der Waals surface area contributed by atoms with Gasteiger partial charge in [-0.15, -0.1) is 0 Å². The number of aromatic nitrogens is 2. The molecule has 0 unspecified atom stereocenters. The maximum absolute atomic E-state index is 14.4. The SMILES string of the molecule is C[C@@H](NC(=O)Cn1cnc2ccc(F)c(F)c21)c1ccc(C(C)(C)C#N)c(F)c1. The van der Waals surface area contributed by atoms with Gasteiger partial charge in [-0.3, -0.25) is 4.79 Å². The molecule has 5 nitrogen and oxygen atoms in total. The van der Waals surface area contributed by atoms with Gasteiger partial charge < -0.3 is 9.88 Å². The van der Waals surface area contributed by atoms with Gasteiger partial charge in [-0.25, -0.2) is 18.2 Å². The Morgan fingerprint density at radius 1 is 1.24 bits per heavy atom. The number of nitriles is 1. The lowest BCUT2D eigenvalue weighted by atomic mass is 9.85. The minimum atomic E-state index is -1.07. The lowest BCUT2D eigenvalue weighted by Gasteiger charge is -2.20. The highest BCUT2D eigenvalue weighted by Crippen LogP contribution is 2.27. The summed E-state index contributed by atoms with van der Waals surface area (Å²) in [5.41, 5.74) is -0.0492. The zero-order valence-corrected chi connectivity index (χ0v) is 16.1. The van der Waals surface area contributed by atoms with Gasteiger partial charge in [0, 0.05) is 5.56 Å². The number of hydrogen-bond acceptors (Lipinski definition) is 3. The van der Waals surface area contributed by atoms with E-state index in [4.69, 9.17) is 0 Å². The standard InChI is InChI=1S/C21H19F3N4O/c1-12(13-4-5-14(16(23)8-13)21(2,3)10-25)27-18(29)9-28-11-26-17-7-6-15(22)19(24)20(17)28/h4-8,11-12H,9H2,1-3H3,(H,27,29)/t12-/m1/s1. The highest BCUT2D eigenvalue weighted by atomic mass is 19.2. The number of imidazole rings is 1. The van der Waals surface area contributed by atoms with Crippen molar-refractivity contribution in [3.05, 3.63) is 65.2 Å². The molecule has 0 aliphatic rings. The monoisotopic (exact) mass is 400 g/mol. The Balaban J connectivity index is 1.76. The number of carbonyl (C=O) groups is 1. The van der Waals surface area contributed by atoms with Crippen molar-refractivity contribution in [3.63, 3.8) is 0 Å². The van der Waals surface area contributed by atoms with E-state index in [2.05, 4.69) is 16.4 Å². The summed E-state index contributed by atoms with van der Waals surface area (Å²) in [7, 11) is 0. The van der Waals surface area contributed by atoms with Crippen LogP contribution in [-0.2, 0) is 16.8 Å². The van der Waals surface area contributed by atoms with Gasteiger partial charge in [0.1, 0.15) is 17.9 Å². The molecule has 0 spiro atoms. The molecule has 0 aliphatic carbocycles. The fraction of sp³-hybridized carbons (Fsp3) is 0.286. The zero-order valence-electron chi connectivity index (χ0n) is 16.1. The van der Waals surface area contributed by atoms with Crippen molar-refractivity contribution in [2.45, 2.75) is 38.8 Å². The third-order valence-electron chi connectivity index (χ3n) is 4.81. The molecule has 8 heteroatoms. The summed E-state index contributed by atoms with van der Waals surface area (Å²) in [4.78, 5) is 16.3. The Hall–Kier alpha value is -3.34. The highest BCUT2D eigenvalue weighted by molar-refractivity contribution is 5.81. The molecule has 1 N–H and O–H groups in total. The lowest BCUT2D eigenvalue weighted by molar-refractivity contribution is -0.122. The Bertz CT molecular complexity index is 1130. The van der Waals surface area contributed by atoms with Gasteiger partial charge in [0.2, 0.25) is 5.91 Å². The second kappa shape index (κ2) is 7.59. The van der Waals surface area contributed by atoms with Crippen molar-refractivity contribution in [2.75, 3.05) is 0 Å². The van der Waals surface area contributed by atoms with E-state index in [0.717, 1.165) is 6.07 Å². The van der Waals surface area contributed by atoms with Crippen LogP contribution in [0.2, 0.25) is 0 Å². The van der Waals surface area contributed by atoms with Gasteiger partial charge in [0.15, 0.2) is 11.6 Å². The first-order valence-corrected chi connectivity index (χ1v) is 8.93. The first kappa shape index (κ1) is 20.4. The van der Waals surface area contributed by atoms with Gasteiger partial charge in [-0.2, -0.15) is 5.26 Å². The summed E-state index contributed by atoms with van der Waals surface area (Å²) in [5.74, 6) is -3.10. The minimum Gasteiger partial charge on any atom is -0.348 e. The van der Waals surface area contributed by atoms with Crippen LogP contribution in [0.4, 0.5) is 13.2 Å². The van der Waals surface area contributed by atoms with E-state index in [-0.39, 0.29) is 23.1 Å². The maximum Gasteiger partial charge on any atom is 0.240 e. The van der Waals surface area contributed by atoms with Crippen LogP contribution in [0.1, 0.15) is 37.9 Å². The van der Waals surface area contributed by atoms with E-state index < -0.39 is 34.8 Å². The van der Waals surface area contributed by atoms with Crippen molar-refractivity contribution in [1.82, 2.24) is 14.9 Å². The summed E-state index contributed by atoms with van der Waals surface area (Å²) in [5, 5.41) is 11.9. The minimum absolute atomic E-state index is 0.0954. The van der Waals surface area contributed by atoms with Crippen molar-refractivity contribution in [3.8, 4) is 6.07 Å². The Morgan fingerprint density at radius 2 is 1.97 bits per heavy atom. The van der Waals surface area contributed by atoms with Crippen LogP contribution in [-0.4, -0.2) is 15.5 Å². The smallest absolute Gasteiger partial charge is 0.240 e. The van der Waals surface area contributed by atoms with E-state index in [1.54, 1.807) is 26.8 Å². The molecule has 0 saturated carbocycles. The van der Waals surface area contributed by atoms with Gasteiger partial charge in [-0.05, 0) is 44.5 Å². The van der Waals surface area contributed by atoms with E-state index in [9.17, 15) is 23.2 Å². The predicted octanol–water partition coefficient (Wildman–Crippen LogP) is 4.13. The zero-order chi connectivity index (χ0) is 21.3. The molecule has 0 bridgehead atoms. The lowest BCUT2D eigenvalue weighted by Crippen LogP contribution is -2.30. The molecular weight excluding hydrogens is 381 g/mol. The van der Waals surface area contributed by atoms with E-state index in [0.29, 0.717) is 5.56 Å². The molecule has 150 valence electrons. The van der Waals surface area contributed by atoms with Crippen LogP contribution in [0.3, 0.4) is 0 Å². The van der Waals surface area contributed by atoms with Crippen molar-refractivity contribution < 1.29 is 18.0 Å². The molecule has 0 radical (unpaired) electrons. The molecule has 1 amide bonds. The van der Waals surface area contributed by atoms with E-state index in [1.807, 2.05) is 0 Å². The summed E-state index contributed by atoms with van der Waals surface area (Å²) in [6.45, 7) is 4.64. The van der Waals surface area contributed by atoms with E-state index in [1.165, 1.54) is 29.1 Å². The Morgan fingerprint density at radius 3 is 2.62 bits per heavy atom.